The number of carbonyl (C=O) groups is 2. The highest BCUT2D eigenvalue weighted by molar-refractivity contribution is 7.92. The minimum Gasteiger partial charge on any atom is -0.476 e. The highest BCUT2D eigenvalue weighted by Crippen LogP contribution is 2.33. The van der Waals surface area contributed by atoms with E-state index in [1.165, 1.54) is 48.5 Å². The van der Waals surface area contributed by atoms with Gasteiger partial charge in [-0.15, -0.1) is 0 Å². The summed E-state index contributed by atoms with van der Waals surface area (Å²) in [4.78, 5) is 33.9. The lowest BCUT2D eigenvalue weighted by Crippen LogP contribution is -2.48. The lowest BCUT2D eigenvalue weighted by atomic mass is 10.1. The van der Waals surface area contributed by atoms with Crippen molar-refractivity contribution in [1.29, 1.82) is 0 Å². The number of ether oxygens (including phenoxy) is 1. The molecule has 11 heteroatoms. The number of benzene rings is 2. The van der Waals surface area contributed by atoms with E-state index in [1.54, 1.807) is 30.3 Å². The number of nitrogens with zero attached hydrogens (tertiary/aromatic N) is 3. The molecule has 2 aromatic carbocycles. The molecule has 0 saturated heterocycles. The Labute approximate surface area is 184 Å². The number of anilines is 3. The minimum atomic E-state index is -3.89. The molecule has 32 heavy (non-hydrogen) atoms. The molecule has 2 amide bonds. The van der Waals surface area contributed by atoms with Gasteiger partial charge in [0.15, 0.2) is 6.10 Å². The second kappa shape index (κ2) is 8.63. The van der Waals surface area contributed by atoms with Crippen LogP contribution in [0.3, 0.4) is 0 Å². The van der Waals surface area contributed by atoms with Crippen LogP contribution < -0.4 is 19.7 Å². The quantitative estimate of drug-likeness (QED) is 0.604. The molecule has 0 saturated carbocycles. The molecule has 1 atom stereocenters. The van der Waals surface area contributed by atoms with Gasteiger partial charge in [0.1, 0.15) is 5.75 Å². The first-order valence-electron chi connectivity index (χ1n) is 9.58. The maximum Gasteiger partial charge on any atom is 0.267 e. The molecule has 0 aliphatic carbocycles. The molecular formula is C21H19N5O5S. The van der Waals surface area contributed by atoms with Crippen LogP contribution >= 0.6 is 0 Å². The number of hydrogen-bond donors (Lipinski definition) is 2. The van der Waals surface area contributed by atoms with Crippen LogP contribution in [0.4, 0.5) is 17.3 Å². The van der Waals surface area contributed by atoms with Crippen molar-refractivity contribution in [2.24, 2.45) is 0 Å². The summed E-state index contributed by atoms with van der Waals surface area (Å²) in [6.07, 6.45) is 1.92. The molecule has 1 aliphatic heterocycles. The van der Waals surface area contributed by atoms with Crippen molar-refractivity contribution < 1.29 is 22.7 Å². The molecular weight excluding hydrogens is 434 g/mol. The van der Waals surface area contributed by atoms with Crippen LogP contribution in [0.5, 0.6) is 5.75 Å². The van der Waals surface area contributed by atoms with E-state index >= 15 is 0 Å². The summed E-state index contributed by atoms with van der Waals surface area (Å²) in [6, 6.07) is 14.2. The van der Waals surface area contributed by atoms with Crippen molar-refractivity contribution in [1.82, 2.24) is 9.97 Å². The Balaban J connectivity index is 1.46. The number of sulfonamides is 1. The second-order valence-corrected chi connectivity index (χ2v) is 8.58. The van der Waals surface area contributed by atoms with Crippen molar-refractivity contribution in [2.45, 2.75) is 17.9 Å². The summed E-state index contributed by atoms with van der Waals surface area (Å²) in [5.41, 5.74) is 0.982. The predicted molar refractivity (Wildman–Crippen MR) is 117 cm³/mol. The lowest BCUT2D eigenvalue weighted by molar-refractivity contribution is -0.123. The van der Waals surface area contributed by atoms with E-state index in [2.05, 4.69) is 20.0 Å². The van der Waals surface area contributed by atoms with Crippen molar-refractivity contribution >= 4 is 39.2 Å². The van der Waals surface area contributed by atoms with Crippen LogP contribution in [0.25, 0.3) is 0 Å². The number of amides is 2. The van der Waals surface area contributed by atoms with E-state index in [0.717, 1.165) is 0 Å². The van der Waals surface area contributed by atoms with E-state index in [1.807, 2.05) is 0 Å². The summed E-state index contributed by atoms with van der Waals surface area (Å²) >= 11 is 0. The Hall–Kier alpha value is -3.99. The van der Waals surface area contributed by atoms with Crippen LogP contribution in [0.15, 0.2) is 71.9 Å². The first-order chi connectivity index (χ1) is 15.3. The third-order valence-corrected chi connectivity index (χ3v) is 6.01. The molecule has 0 bridgehead atoms. The molecule has 4 rings (SSSR count). The fourth-order valence-electron chi connectivity index (χ4n) is 3.14. The molecule has 0 unspecified atom stereocenters. The zero-order valence-corrected chi connectivity index (χ0v) is 17.7. The number of para-hydroxylation sites is 2. The van der Waals surface area contributed by atoms with Crippen LogP contribution in [0.2, 0.25) is 0 Å². The van der Waals surface area contributed by atoms with Gasteiger partial charge >= 0.3 is 0 Å². The Morgan fingerprint density at radius 3 is 2.41 bits per heavy atom. The fourth-order valence-corrected chi connectivity index (χ4v) is 4.10. The molecule has 164 valence electrons. The SMILES string of the molecule is CC(=O)N1C[C@H](C(=O)Nc2ccc(S(=O)(=O)Nc3ncccn3)cc2)Oc2ccccc21. The van der Waals surface area contributed by atoms with Crippen LogP contribution in [-0.4, -0.2) is 42.8 Å². The number of carbonyl (C=O) groups excluding carboxylic acids is 2. The fraction of sp³-hybridized carbons (Fsp3) is 0.143. The van der Waals surface area contributed by atoms with Crippen LogP contribution in [-0.2, 0) is 19.6 Å². The zero-order chi connectivity index (χ0) is 22.7. The number of aromatic nitrogens is 2. The van der Waals surface area contributed by atoms with Crippen molar-refractivity contribution in [3.8, 4) is 5.75 Å². The topological polar surface area (TPSA) is 131 Å². The highest BCUT2D eigenvalue weighted by Gasteiger charge is 2.32. The van der Waals surface area contributed by atoms with Crippen LogP contribution in [0, 0.1) is 0 Å². The largest absolute Gasteiger partial charge is 0.476 e. The predicted octanol–water partition coefficient (Wildman–Crippen LogP) is 2.03. The molecule has 10 nitrogen and oxygen atoms in total. The van der Waals surface area contributed by atoms with Gasteiger partial charge in [-0.1, -0.05) is 12.1 Å². The van der Waals surface area contributed by atoms with Gasteiger partial charge in [0, 0.05) is 25.0 Å². The van der Waals surface area contributed by atoms with Gasteiger partial charge in [-0.3, -0.25) is 9.59 Å². The molecule has 2 N–H and O–H groups in total. The van der Waals surface area contributed by atoms with Gasteiger partial charge in [0.25, 0.3) is 15.9 Å². The average Bonchev–Trinajstić information content (AvgIpc) is 2.79. The molecule has 3 aromatic rings. The summed E-state index contributed by atoms with van der Waals surface area (Å²) in [7, 11) is -3.89. The first kappa shape index (κ1) is 21.2. The first-order valence-corrected chi connectivity index (χ1v) is 11.1. The van der Waals surface area contributed by atoms with E-state index in [4.69, 9.17) is 4.74 Å². The van der Waals surface area contributed by atoms with E-state index in [-0.39, 0.29) is 23.3 Å². The van der Waals surface area contributed by atoms with Gasteiger partial charge in [-0.25, -0.2) is 23.1 Å². The van der Waals surface area contributed by atoms with Crippen molar-refractivity contribution in [2.75, 3.05) is 21.5 Å². The van der Waals surface area contributed by atoms with Gasteiger partial charge in [0.05, 0.1) is 17.1 Å². The number of hydrogen-bond acceptors (Lipinski definition) is 7. The zero-order valence-electron chi connectivity index (χ0n) is 16.9. The lowest BCUT2D eigenvalue weighted by Gasteiger charge is -2.33. The Morgan fingerprint density at radius 2 is 1.72 bits per heavy atom. The number of rotatable bonds is 5. The summed E-state index contributed by atoms with van der Waals surface area (Å²) in [5, 5.41) is 2.69. The molecule has 0 spiro atoms. The smallest absolute Gasteiger partial charge is 0.267 e. The van der Waals surface area contributed by atoms with Gasteiger partial charge in [-0.2, -0.15) is 0 Å². The van der Waals surface area contributed by atoms with E-state index < -0.39 is 22.0 Å². The molecule has 0 radical (unpaired) electrons. The average molecular weight is 453 g/mol. The number of nitrogens with one attached hydrogen (secondary N) is 2. The molecule has 1 aromatic heterocycles. The summed E-state index contributed by atoms with van der Waals surface area (Å²) in [5.74, 6) is -0.278. The second-order valence-electron chi connectivity index (χ2n) is 6.90. The Bertz CT molecular complexity index is 1250. The molecule has 1 aliphatic rings. The molecule has 0 fully saturated rings. The third-order valence-electron chi connectivity index (χ3n) is 4.67. The van der Waals surface area contributed by atoms with Crippen molar-refractivity contribution in [3.63, 3.8) is 0 Å². The van der Waals surface area contributed by atoms with E-state index in [0.29, 0.717) is 17.1 Å². The summed E-state index contributed by atoms with van der Waals surface area (Å²) < 4.78 is 33.0. The maximum absolute atomic E-state index is 12.7. The van der Waals surface area contributed by atoms with E-state index in [9.17, 15) is 18.0 Å². The minimum absolute atomic E-state index is 0.0199. The standard InChI is InChI=1S/C21H19N5O5S/c1-14(27)26-13-19(31-18-6-3-2-5-17(18)26)20(28)24-15-7-9-16(10-8-15)32(29,30)25-21-22-11-4-12-23-21/h2-12,19H,13H2,1H3,(H,24,28)(H,22,23,25)/t19-/m1/s1. The number of fused-ring (bicyclic) bond motifs is 1. The maximum atomic E-state index is 12.7. The van der Waals surface area contributed by atoms with Gasteiger partial charge in [-0.05, 0) is 42.5 Å². The summed E-state index contributed by atoms with van der Waals surface area (Å²) in [6.45, 7) is 1.48. The Morgan fingerprint density at radius 1 is 1.03 bits per heavy atom. The highest BCUT2D eigenvalue weighted by atomic mass is 32.2. The molecule has 2 heterocycles. The van der Waals surface area contributed by atoms with Crippen LogP contribution in [0.1, 0.15) is 6.92 Å². The normalized spacial score (nSPS) is 15.3. The van der Waals surface area contributed by atoms with Crippen molar-refractivity contribution in [3.05, 3.63) is 67.0 Å². The third kappa shape index (κ3) is 4.52. The van der Waals surface area contributed by atoms with Gasteiger partial charge < -0.3 is 15.0 Å². The van der Waals surface area contributed by atoms with Gasteiger partial charge in [0.2, 0.25) is 11.9 Å². The monoisotopic (exact) mass is 453 g/mol. The Kier molecular flexibility index (Phi) is 5.73.